The van der Waals surface area contributed by atoms with E-state index in [0.717, 1.165) is 15.8 Å². The number of rotatable bonds is 3. The van der Waals surface area contributed by atoms with Gasteiger partial charge < -0.3 is 5.73 Å². The van der Waals surface area contributed by atoms with Crippen molar-refractivity contribution in [1.82, 2.24) is 4.98 Å². The van der Waals surface area contributed by atoms with Crippen molar-refractivity contribution in [3.05, 3.63) is 35.9 Å². The summed E-state index contributed by atoms with van der Waals surface area (Å²) in [4.78, 5) is 4.82. The van der Waals surface area contributed by atoms with E-state index in [1.165, 1.54) is 43.1 Å². The molecule has 2 N–H and O–H groups in total. The molecule has 1 aromatic carbocycles. The Morgan fingerprint density at radius 1 is 1.16 bits per heavy atom. The third-order valence-electron chi connectivity index (χ3n) is 3.81. The fourth-order valence-corrected chi connectivity index (χ4v) is 4.06. The van der Waals surface area contributed by atoms with Gasteiger partial charge in [-0.2, -0.15) is 0 Å². The van der Waals surface area contributed by atoms with Gasteiger partial charge in [0.1, 0.15) is 5.03 Å². The molecule has 2 aromatic rings. The number of nitrogens with zero attached hydrogens (tertiary/aromatic N) is 1. The minimum atomic E-state index is 0.576. The number of benzene rings is 1. The lowest BCUT2D eigenvalue weighted by atomic mass is 10.0. The highest BCUT2D eigenvalue weighted by atomic mass is 32.2. The first-order chi connectivity index (χ1) is 9.36. The first-order valence-electron chi connectivity index (χ1n) is 7.12. The predicted molar refractivity (Wildman–Crippen MR) is 82.4 cm³/mol. The van der Waals surface area contributed by atoms with Gasteiger partial charge in [0, 0.05) is 17.2 Å². The Hall–Kier alpha value is -1.06. The topological polar surface area (TPSA) is 38.9 Å². The number of nitrogens with two attached hydrogens (primary N) is 1. The van der Waals surface area contributed by atoms with Crippen LogP contribution in [0, 0.1) is 0 Å². The standard InChI is InChI=1S/C16H20N2S/c17-11-13-10-12-6-4-5-9-15(12)18-16(13)19-14-7-2-1-3-8-14/h4-6,9-10,14H,1-3,7-8,11,17H2. The molecule has 0 saturated heterocycles. The number of para-hydroxylation sites is 1. The Kier molecular flexibility index (Phi) is 4.04. The molecule has 1 aliphatic carbocycles. The molecule has 1 fully saturated rings. The third-order valence-corrected chi connectivity index (χ3v) is 5.20. The SMILES string of the molecule is NCc1cc2ccccc2nc1SC1CCCCC1. The van der Waals surface area contributed by atoms with Crippen molar-refractivity contribution in [3.63, 3.8) is 0 Å². The number of pyridine rings is 1. The zero-order chi connectivity index (χ0) is 13.1. The van der Waals surface area contributed by atoms with E-state index < -0.39 is 0 Å². The van der Waals surface area contributed by atoms with Gasteiger partial charge in [-0.25, -0.2) is 4.98 Å². The number of aromatic nitrogens is 1. The van der Waals surface area contributed by atoms with Crippen molar-refractivity contribution < 1.29 is 0 Å². The monoisotopic (exact) mass is 272 g/mol. The molecule has 2 nitrogen and oxygen atoms in total. The number of hydrogen-bond acceptors (Lipinski definition) is 3. The highest BCUT2D eigenvalue weighted by molar-refractivity contribution is 7.99. The minimum absolute atomic E-state index is 0.576. The van der Waals surface area contributed by atoms with E-state index in [4.69, 9.17) is 10.7 Å². The Morgan fingerprint density at radius 2 is 1.95 bits per heavy atom. The fourth-order valence-electron chi connectivity index (χ4n) is 2.73. The summed E-state index contributed by atoms with van der Waals surface area (Å²) in [5.41, 5.74) is 8.16. The van der Waals surface area contributed by atoms with Crippen LogP contribution in [0.1, 0.15) is 37.7 Å². The molecule has 0 spiro atoms. The van der Waals surface area contributed by atoms with Crippen LogP contribution in [0.3, 0.4) is 0 Å². The van der Waals surface area contributed by atoms with Crippen LogP contribution < -0.4 is 5.73 Å². The van der Waals surface area contributed by atoms with Crippen molar-refractivity contribution >= 4 is 22.7 Å². The van der Waals surface area contributed by atoms with Gasteiger partial charge in [0.25, 0.3) is 0 Å². The number of thioether (sulfide) groups is 1. The summed E-state index contributed by atoms with van der Waals surface area (Å²) in [6, 6.07) is 10.5. The van der Waals surface area contributed by atoms with Gasteiger partial charge in [-0.1, -0.05) is 37.5 Å². The molecule has 0 amide bonds. The second-order valence-corrected chi connectivity index (χ2v) is 6.52. The second-order valence-electron chi connectivity index (χ2n) is 5.23. The van der Waals surface area contributed by atoms with Gasteiger partial charge in [-0.05, 0) is 30.5 Å². The van der Waals surface area contributed by atoms with Crippen molar-refractivity contribution in [2.24, 2.45) is 5.73 Å². The van der Waals surface area contributed by atoms with Crippen molar-refractivity contribution in [2.75, 3.05) is 0 Å². The Labute approximate surface area is 118 Å². The molecule has 3 rings (SSSR count). The second kappa shape index (κ2) is 5.93. The van der Waals surface area contributed by atoms with Crippen LogP contribution in [0.25, 0.3) is 10.9 Å². The van der Waals surface area contributed by atoms with E-state index in [1.54, 1.807) is 0 Å². The van der Waals surface area contributed by atoms with Gasteiger partial charge in [-0.3, -0.25) is 0 Å². The maximum atomic E-state index is 5.89. The summed E-state index contributed by atoms with van der Waals surface area (Å²) in [6.45, 7) is 0.576. The molecule has 1 heterocycles. The summed E-state index contributed by atoms with van der Waals surface area (Å²) in [6.07, 6.45) is 6.77. The van der Waals surface area contributed by atoms with Crippen LogP contribution in [0.2, 0.25) is 0 Å². The first-order valence-corrected chi connectivity index (χ1v) is 8.00. The smallest absolute Gasteiger partial charge is 0.101 e. The lowest BCUT2D eigenvalue weighted by Crippen LogP contribution is -2.10. The zero-order valence-corrected chi connectivity index (χ0v) is 12.0. The number of fused-ring (bicyclic) bond motifs is 1. The average Bonchev–Trinajstić information content (AvgIpc) is 2.47. The van der Waals surface area contributed by atoms with Crippen molar-refractivity contribution in [2.45, 2.75) is 48.9 Å². The van der Waals surface area contributed by atoms with Crippen molar-refractivity contribution in [1.29, 1.82) is 0 Å². The van der Waals surface area contributed by atoms with Crippen LogP contribution in [-0.2, 0) is 6.54 Å². The van der Waals surface area contributed by atoms with Crippen LogP contribution in [-0.4, -0.2) is 10.2 Å². The molecule has 0 aliphatic heterocycles. The predicted octanol–water partition coefficient (Wildman–Crippen LogP) is 4.12. The third kappa shape index (κ3) is 2.93. The quantitative estimate of drug-likeness (QED) is 0.913. The highest BCUT2D eigenvalue weighted by Crippen LogP contribution is 2.35. The largest absolute Gasteiger partial charge is 0.326 e. The van der Waals surface area contributed by atoms with Crippen LogP contribution in [0.15, 0.2) is 35.4 Å². The van der Waals surface area contributed by atoms with E-state index in [-0.39, 0.29) is 0 Å². The van der Waals surface area contributed by atoms with Gasteiger partial charge in [0.05, 0.1) is 5.52 Å². The van der Waals surface area contributed by atoms with Gasteiger partial charge in [0.15, 0.2) is 0 Å². The summed E-state index contributed by atoms with van der Waals surface area (Å²) < 4.78 is 0. The lowest BCUT2D eigenvalue weighted by molar-refractivity contribution is 0.515. The van der Waals surface area contributed by atoms with Gasteiger partial charge in [-0.15, -0.1) is 11.8 Å². The maximum Gasteiger partial charge on any atom is 0.101 e. The summed E-state index contributed by atoms with van der Waals surface area (Å²) in [5, 5.41) is 3.07. The molecule has 0 bridgehead atoms. The van der Waals surface area contributed by atoms with Crippen LogP contribution in [0.4, 0.5) is 0 Å². The van der Waals surface area contributed by atoms with Crippen LogP contribution >= 0.6 is 11.8 Å². The van der Waals surface area contributed by atoms with E-state index in [2.05, 4.69) is 24.3 Å². The van der Waals surface area contributed by atoms with E-state index >= 15 is 0 Å². The first kappa shape index (κ1) is 12.9. The Balaban J connectivity index is 1.91. The molecule has 1 aromatic heterocycles. The molecule has 100 valence electrons. The van der Waals surface area contributed by atoms with Crippen molar-refractivity contribution in [3.8, 4) is 0 Å². The molecule has 1 saturated carbocycles. The lowest BCUT2D eigenvalue weighted by Gasteiger charge is -2.21. The molecule has 0 atom stereocenters. The number of hydrogen-bond donors (Lipinski definition) is 1. The summed E-state index contributed by atoms with van der Waals surface area (Å²) in [7, 11) is 0. The van der Waals surface area contributed by atoms with E-state index in [1.807, 2.05) is 17.8 Å². The van der Waals surface area contributed by atoms with Gasteiger partial charge >= 0.3 is 0 Å². The van der Waals surface area contributed by atoms with Gasteiger partial charge in [0.2, 0.25) is 0 Å². The molecule has 19 heavy (non-hydrogen) atoms. The molecular formula is C16H20N2S. The summed E-state index contributed by atoms with van der Waals surface area (Å²) >= 11 is 1.94. The molecule has 3 heteroatoms. The molecule has 0 radical (unpaired) electrons. The van der Waals surface area contributed by atoms with E-state index in [9.17, 15) is 0 Å². The molecule has 0 unspecified atom stereocenters. The molecular weight excluding hydrogens is 252 g/mol. The Morgan fingerprint density at radius 3 is 2.74 bits per heavy atom. The van der Waals surface area contributed by atoms with Crippen LogP contribution in [0.5, 0.6) is 0 Å². The maximum absolute atomic E-state index is 5.89. The average molecular weight is 272 g/mol. The zero-order valence-electron chi connectivity index (χ0n) is 11.1. The molecule has 1 aliphatic rings. The Bertz CT molecular complexity index is 562. The summed E-state index contributed by atoms with van der Waals surface area (Å²) in [5.74, 6) is 0. The highest BCUT2D eigenvalue weighted by Gasteiger charge is 2.17. The fraction of sp³-hybridized carbons (Fsp3) is 0.438. The minimum Gasteiger partial charge on any atom is -0.326 e. The normalized spacial score (nSPS) is 16.9. The van der Waals surface area contributed by atoms with E-state index in [0.29, 0.717) is 6.54 Å².